The van der Waals surface area contributed by atoms with Gasteiger partial charge in [-0.25, -0.2) is 0 Å². The van der Waals surface area contributed by atoms with E-state index >= 15 is 0 Å². The van der Waals surface area contributed by atoms with E-state index in [9.17, 15) is 0 Å². The summed E-state index contributed by atoms with van der Waals surface area (Å²) in [6.45, 7) is 6.51. The summed E-state index contributed by atoms with van der Waals surface area (Å²) in [5, 5.41) is 10.0. The van der Waals surface area contributed by atoms with E-state index in [0.717, 1.165) is 39.3 Å². The van der Waals surface area contributed by atoms with Crippen LogP contribution in [-0.4, -0.2) is 39.3 Å². The average Bonchev–Trinajstić information content (AvgIpc) is 2.38. The van der Waals surface area contributed by atoms with Crippen LogP contribution in [0.1, 0.15) is 5.56 Å². The average molecular weight is 382 g/mol. The van der Waals surface area contributed by atoms with Crippen LogP contribution in [0.4, 0.5) is 0 Å². The molecule has 0 radical (unpaired) electrons. The molecule has 0 aliphatic carbocycles. The smallest absolute Gasteiger partial charge is 0.0206 e. The van der Waals surface area contributed by atoms with E-state index in [4.69, 9.17) is 5.73 Å². The Morgan fingerprint density at radius 3 is 1.67 bits per heavy atom. The second kappa shape index (κ2) is 22.5. The third kappa shape index (κ3) is 18.2. The molecular weight excluding hydrogens is 354 g/mol. The maximum Gasteiger partial charge on any atom is 0.0206 e. The third-order valence-corrected chi connectivity index (χ3v) is 2.45. The Hall–Kier alpha value is 0.220. The van der Waals surface area contributed by atoms with E-state index in [1.54, 1.807) is 0 Å². The number of nitrogens with two attached hydrogens (primary N) is 1. The molecule has 0 atom stereocenters. The Balaban J connectivity index is -0.000000361. The van der Waals surface area contributed by atoms with Crippen LogP contribution in [0.3, 0.4) is 0 Å². The first-order valence-electron chi connectivity index (χ1n) is 6.29. The van der Waals surface area contributed by atoms with Crippen molar-refractivity contribution in [3.63, 3.8) is 0 Å². The van der Waals surface area contributed by atoms with Gasteiger partial charge in [-0.15, -0.1) is 49.6 Å². The first kappa shape index (κ1) is 29.3. The van der Waals surface area contributed by atoms with Crippen LogP contribution in [0.25, 0.3) is 0 Å². The molecule has 0 aliphatic heterocycles. The molecule has 21 heavy (non-hydrogen) atoms. The zero-order valence-electron chi connectivity index (χ0n) is 12.0. The molecule has 0 amide bonds. The van der Waals surface area contributed by atoms with Crippen molar-refractivity contribution in [1.29, 1.82) is 0 Å². The zero-order chi connectivity index (χ0) is 12.2. The van der Waals surface area contributed by atoms with Crippen molar-refractivity contribution < 1.29 is 0 Å². The lowest BCUT2D eigenvalue weighted by atomic mass is 10.2. The lowest BCUT2D eigenvalue weighted by Crippen LogP contribution is -2.34. The topological polar surface area (TPSA) is 62.1 Å². The van der Waals surface area contributed by atoms with Gasteiger partial charge in [0.2, 0.25) is 0 Å². The Labute approximate surface area is 153 Å². The molecule has 128 valence electrons. The Kier molecular flexibility index (Phi) is 31.3. The van der Waals surface area contributed by atoms with Gasteiger partial charge >= 0.3 is 0 Å². The van der Waals surface area contributed by atoms with Gasteiger partial charge in [0.1, 0.15) is 0 Å². The van der Waals surface area contributed by atoms with Crippen molar-refractivity contribution in [1.82, 2.24) is 16.0 Å². The minimum atomic E-state index is 0. The molecule has 0 aromatic heterocycles. The molecular formula is C13H28Cl4N4. The summed E-state index contributed by atoms with van der Waals surface area (Å²) in [6, 6.07) is 10.4. The van der Waals surface area contributed by atoms with Crippen LogP contribution in [0.2, 0.25) is 0 Å². The fourth-order valence-electron chi connectivity index (χ4n) is 1.53. The van der Waals surface area contributed by atoms with Crippen molar-refractivity contribution in [3.05, 3.63) is 35.9 Å². The highest BCUT2D eigenvalue weighted by atomic mass is 35.5. The number of hydrogen-bond donors (Lipinski definition) is 4. The molecule has 0 heterocycles. The van der Waals surface area contributed by atoms with Crippen molar-refractivity contribution in [3.8, 4) is 0 Å². The predicted octanol–water partition coefficient (Wildman–Crippen LogP) is 1.60. The number of benzene rings is 1. The molecule has 0 spiro atoms. The molecule has 0 unspecified atom stereocenters. The molecule has 1 rings (SSSR count). The first-order valence-corrected chi connectivity index (χ1v) is 6.29. The number of halogens is 4. The molecule has 8 heteroatoms. The first-order chi connectivity index (χ1) is 8.43. The largest absolute Gasteiger partial charge is 0.329 e. The van der Waals surface area contributed by atoms with Crippen molar-refractivity contribution in [2.45, 2.75) is 6.54 Å². The van der Waals surface area contributed by atoms with Crippen LogP contribution in [0.15, 0.2) is 30.3 Å². The van der Waals surface area contributed by atoms with E-state index < -0.39 is 0 Å². The van der Waals surface area contributed by atoms with E-state index in [1.807, 2.05) is 6.07 Å². The quantitative estimate of drug-likeness (QED) is 0.465. The number of hydrogen-bond acceptors (Lipinski definition) is 4. The van der Waals surface area contributed by atoms with Crippen LogP contribution in [0, 0.1) is 0 Å². The van der Waals surface area contributed by atoms with Gasteiger partial charge in [0.15, 0.2) is 0 Å². The fraction of sp³-hybridized carbons (Fsp3) is 0.538. The highest BCUT2D eigenvalue weighted by molar-refractivity contribution is 5.86. The highest BCUT2D eigenvalue weighted by Gasteiger charge is 1.90. The van der Waals surface area contributed by atoms with E-state index in [1.165, 1.54) is 5.56 Å². The SMILES string of the molecule is Cl.Cl.Cl.Cl.NCCNCCNCCNCc1ccccc1. The number of rotatable bonds is 10. The summed E-state index contributed by atoms with van der Waals surface area (Å²) in [4.78, 5) is 0. The van der Waals surface area contributed by atoms with Crippen LogP contribution < -0.4 is 21.7 Å². The molecule has 0 bridgehead atoms. The van der Waals surface area contributed by atoms with Crippen molar-refractivity contribution in [2.75, 3.05) is 39.3 Å². The summed E-state index contributed by atoms with van der Waals surface area (Å²) in [5.74, 6) is 0. The van der Waals surface area contributed by atoms with E-state index in [-0.39, 0.29) is 49.6 Å². The lowest BCUT2D eigenvalue weighted by molar-refractivity contribution is 0.583. The summed E-state index contributed by atoms with van der Waals surface area (Å²) < 4.78 is 0. The second-order valence-electron chi connectivity index (χ2n) is 3.95. The van der Waals surface area contributed by atoms with Crippen LogP contribution in [0.5, 0.6) is 0 Å². The molecule has 1 aromatic rings. The maximum absolute atomic E-state index is 5.37. The molecule has 0 saturated heterocycles. The summed E-state index contributed by atoms with van der Waals surface area (Å²) >= 11 is 0. The number of nitrogens with one attached hydrogen (secondary N) is 3. The maximum atomic E-state index is 5.37. The predicted molar refractivity (Wildman–Crippen MR) is 102 cm³/mol. The molecule has 0 fully saturated rings. The van der Waals surface area contributed by atoms with Gasteiger partial charge in [-0.05, 0) is 5.56 Å². The Bertz CT molecular complexity index is 278. The minimum absolute atomic E-state index is 0. The summed E-state index contributed by atoms with van der Waals surface area (Å²) in [7, 11) is 0. The standard InChI is InChI=1S/C13H24N4.4ClH/c14-6-7-15-8-9-16-10-11-17-12-13-4-2-1-3-5-13;;;;/h1-5,15-17H,6-12,14H2;4*1H. The zero-order valence-corrected chi connectivity index (χ0v) is 15.3. The normalized spacial score (nSPS) is 8.62. The summed E-state index contributed by atoms with van der Waals surface area (Å²) in [5.41, 5.74) is 6.70. The molecule has 1 aromatic carbocycles. The molecule has 4 nitrogen and oxygen atoms in total. The van der Waals surface area contributed by atoms with Gasteiger partial charge in [0.25, 0.3) is 0 Å². The van der Waals surface area contributed by atoms with Gasteiger partial charge < -0.3 is 21.7 Å². The lowest BCUT2D eigenvalue weighted by Gasteiger charge is -2.07. The highest BCUT2D eigenvalue weighted by Crippen LogP contribution is 1.96. The third-order valence-electron chi connectivity index (χ3n) is 2.45. The molecule has 5 N–H and O–H groups in total. The van der Waals surface area contributed by atoms with Crippen molar-refractivity contribution >= 4 is 49.6 Å². The molecule has 0 saturated carbocycles. The van der Waals surface area contributed by atoms with Gasteiger partial charge in [-0.1, -0.05) is 30.3 Å². The van der Waals surface area contributed by atoms with E-state index in [0.29, 0.717) is 6.54 Å². The molecule has 0 aliphatic rings. The van der Waals surface area contributed by atoms with Crippen molar-refractivity contribution in [2.24, 2.45) is 5.73 Å². The monoisotopic (exact) mass is 380 g/mol. The van der Waals surface area contributed by atoms with Gasteiger partial charge in [-0.3, -0.25) is 0 Å². The Morgan fingerprint density at radius 2 is 1.14 bits per heavy atom. The van der Waals surface area contributed by atoms with Crippen LogP contribution in [-0.2, 0) is 6.54 Å². The second-order valence-corrected chi connectivity index (χ2v) is 3.95. The van der Waals surface area contributed by atoms with Gasteiger partial charge in [-0.2, -0.15) is 0 Å². The van der Waals surface area contributed by atoms with Gasteiger partial charge in [0, 0.05) is 45.8 Å². The van der Waals surface area contributed by atoms with Crippen LogP contribution >= 0.6 is 49.6 Å². The minimum Gasteiger partial charge on any atom is -0.329 e. The fourth-order valence-corrected chi connectivity index (χ4v) is 1.53. The summed E-state index contributed by atoms with van der Waals surface area (Å²) in [6.07, 6.45) is 0. The Morgan fingerprint density at radius 1 is 0.667 bits per heavy atom. The van der Waals surface area contributed by atoms with E-state index in [2.05, 4.69) is 40.2 Å². The van der Waals surface area contributed by atoms with Gasteiger partial charge in [0.05, 0.1) is 0 Å².